The molecule has 2 nitrogen and oxygen atoms in total. The van der Waals surface area contributed by atoms with Crippen molar-refractivity contribution in [2.24, 2.45) is 0 Å². The van der Waals surface area contributed by atoms with E-state index in [0.717, 1.165) is 42.1 Å². The maximum absolute atomic E-state index is 5.97. The van der Waals surface area contributed by atoms with Crippen LogP contribution in [0.2, 0.25) is 0 Å². The molecule has 0 aliphatic rings. The molecular formula is C19H24O2. The molecule has 2 aromatic carbocycles. The zero-order valence-corrected chi connectivity index (χ0v) is 13.1. The Balaban J connectivity index is 2.39. The lowest BCUT2D eigenvalue weighted by molar-refractivity contribution is 0.241. The maximum atomic E-state index is 5.97. The van der Waals surface area contributed by atoms with Gasteiger partial charge in [-0.15, -0.1) is 0 Å². The minimum Gasteiger partial charge on any atom is -0.493 e. The van der Waals surface area contributed by atoms with Gasteiger partial charge in [-0.05, 0) is 38.0 Å². The molecule has 0 atom stereocenters. The number of unbranched alkanes of at least 4 members (excludes halogenated alkanes) is 1. The summed E-state index contributed by atoms with van der Waals surface area (Å²) in [6, 6.07) is 16.3. The summed E-state index contributed by atoms with van der Waals surface area (Å²) in [6.07, 6.45) is 2.32. The van der Waals surface area contributed by atoms with Crippen molar-refractivity contribution in [3.63, 3.8) is 0 Å². The lowest BCUT2D eigenvalue weighted by Crippen LogP contribution is -2.07. The molecule has 0 spiro atoms. The molecule has 0 aliphatic carbocycles. The highest BCUT2D eigenvalue weighted by atomic mass is 16.5. The van der Waals surface area contributed by atoms with Gasteiger partial charge in [-0.2, -0.15) is 0 Å². The van der Waals surface area contributed by atoms with Crippen LogP contribution < -0.4 is 9.47 Å². The Morgan fingerprint density at radius 1 is 0.905 bits per heavy atom. The van der Waals surface area contributed by atoms with Crippen molar-refractivity contribution < 1.29 is 9.47 Å². The summed E-state index contributed by atoms with van der Waals surface area (Å²) in [5, 5.41) is 0. The van der Waals surface area contributed by atoms with E-state index >= 15 is 0 Å². The molecule has 0 saturated heterocycles. The van der Waals surface area contributed by atoms with Gasteiger partial charge in [-0.3, -0.25) is 0 Å². The molecule has 0 aromatic heterocycles. The van der Waals surface area contributed by atoms with Gasteiger partial charge in [0.2, 0.25) is 0 Å². The molecule has 2 rings (SSSR count). The lowest BCUT2D eigenvalue weighted by Gasteiger charge is -2.18. The molecule has 0 heterocycles. The molecule has 21 heavy (non-hydrogen) atoms. The molecule has 2 aromatic rings. The zero-order chi connectivity index (χ0) is 15.1. The second kappa shape index (κ2) is 7.72. The number of hydrogen-bond acceptors (Lipinski definition) is 2. The van der Waals surface area contributed by atoms with Crippen molar-refractivity contribution in [2.45, 2.75) is 39.7 Å². The molecule has 0 bridgehead atoms. The number of rotatable bonds is 7. The van der Waals surface area contributed by atoms with Crippen LogP contribution in [-0.2, 0) is 0 Å². The first-order valence-corrected chi connectivity index (χ1v) is 7.70. The van der Waals surface area contributed by atoms with E-state index in [-0.39, 0.29) is 6.10 Å². The van der Waals surface area contributed by atoms with Crippen LogP contribution in [0.25, 0.3) is 11.1 Å². The van der Waals surface area contributed by atoms with Gasteiger partial charge < -0.3 is 9.47 Å². The minimum absolute atomic E-state index is 0.137. The van der Waals surface area contributed by atoms with Gasteiger partial charge in [0.05, 0.1) is 18.3 Å². The third kappa shape index (κ3) is 4.25. The van der Waals surface area contributed by atoms with Crippen LogP contribution in [-0.4, -0.2) is 12.7 Å². The monoisotopic (exact) mass is 284 g/mol. The molecule has 0 amide bonds. The fraction of sp³-hybridized carbons (Fsp3) is 0.368. The van der Waals surface area contributed by atoms with Gasteiger partial charge in [0, 0.05) is 0 Å². The average molecular weight is 284 g/mol. The molecule has 112 valence electrons. The predicted molar refractivity (Wildman–Crippen MR) is 88.0 cm³/mol. The van der Waals surface area contributed by atoms with Gasteiger partial charge >= 0.3 is 0 Å². The quantitative estimate of drug-likeness (QED) is 0.641. The Morgan fingerprint density at radius 3 is 2.29 bits per heavy atom. The lowest BCUT2D eigenvalue weighted by atomic mass is 10.0. The average Bonchev–Trinajstić information content (AvgIpc) is 2.48. The summed E-state index contributed by atoms with van der Waals surface area (Å²) < 4.78 is 11.9. The van der Waals surface area contributed by atoms with Crippen LogP contribution in [0.15, 0.2) is 48.5 Å². The highest BCUT2D eigenvalue weighted by molar-refractivity contribution is 5.76. The fourth-order valence-electron chi connectivity index (χ4n) is 2.20. The Labute approximate surface area is 127 Å². The summed E-state index contributed by atoms with van der Waals surface area (Å²) in [6.45, 7) is 6.99. The van der Waals surface area contributed by atoms with Gasteiger partial charge in [-0.1, -0.05) is 49.7 Å². The second-order valence-corrected chi connectivity index (χ2v) is 5.36. The molecule has 0 unspecified atom stereocenters. The molecule has 0 aliphatic heterocycles. The molecule has 0 fully saturated rings. The van der Waals surface area contributed by atoms with Crippen LogP contribution in [0.5, 0.6) is 11.5 Å². The SMILES string of the molecule is CCCCOc1cccc(OC(C)C)c1-c1ccccc1. The standard InChI is InChI=1S/C19H24O2/c1-4-5-14-20-17-12-9-13-18(21-15(2)3)19(17)16-10-7-6-8-11-16/h6-13,15H,4-5,14H2,1-3H3. The van der Waals surface area contributed by atoms with Crippen LogP contribution in [0.1, 0.15) is 33.6 Å². The van der Waals surface area contributed by atoms with E-state index < -0.39 is 0 Å². The predicted octanol–water partition coefficient (Wildman–Crippen LogP) is 5.32. The van der Waals surface area contributed by atoms with E-state index in [1.165, 1.54) is 0 Å². The number of ether oxygens (including phenoxy) is 2. The van der Waals surface area contributed by atoms with E-state index in [4.69, 9.17) is 9.47 Å². The normalized spacial score (nSPS) is 10.7. The van der Waals surface area contributed by atoms with E-state index in [1.807, 2.05) is 50.2 Å². The van der Waals surface area contributed by atoms with Crippen molar-refractivity contribution >= 4 is 0 Å². The zero-order valence-electron chi connectivity index (χ0n) is 13.1. The molecule has 0 radical (unpaired) electrons. The van der Waals surface area contributed by atoms with E-state index in [0.29, 0.717) is 0 Å². The topological polar surface area (TPSA) is 18.5 Å². The van der Waals surface area contributed by atoms with Crippen molar-refractivity contribution in [2.75, 3.05) is 6.61 Å². The second-order valence-electron chi connectivity index (χ2n) is 5.36. The summed E-state index contributed by atoms with van der Waals surface area (Å²) in [5.41, 5.74) is 2.17. The van der Waals surface area contributed by atoms with Crippen molar-refractivity contribution in [1.82, 2.24) is 0 Å². The highest BCUT2D eigenvalue weighted by Crippen LogP contribution is 2.38. The molecule has 0 saturated carbocycles. The summed E-state index contributed by atoms with van der Waals surface area (Å²) in [7, 11) is 0. The smallest absolute Gasteiger partial charge is 0.131 e. The Morgan fingerprint density at radius 2 is 1.62 bits per heavy atom. The van der Waals surface area contributed by atoms with E-state index in [1.54, 1.807) is 0 Å². The van der Waals surface area contributed by atoms with Crippen LogP contribution in [0, 0.1) is 0 Å². The van der Waals surface area contributed by atoms with Crippen molar-refractivity contribution in [1.29, 1.82) is 0 Å². The van der Waals surface area contributed by atoms with Crippen molar-refractivity contribution in [3.05, 3.63) is 48.5 Å². The Hall–Kier alpha value is -1.96. The molecule has 0 N–H and O–H groups in total. The Bertz CT molecular complexity index is 547. The van der Waals surface area contributed by atoms with Crippen LogP contribution >= 0.6 is 0 Å². The van der Waals surface area contributed by atoms with Gasteiger partial charge in [0.15, 0.2) is 0 Å². The third-order valence-electron chi connectivity index (χ3n) is 3.17. The first kappa shape index (κ1) is 15.4. The van der Waals surface area contributed by atoms with Crippen LogP contribution in [0.4, 0.5) is 0 Å². The molecular weight excluding hydrogens is 260 g/mol. The number of hydrogen-bond donors (Lipinski definition) is 0. The van der Waals surface area contributed by atoms with Gasteiger partial charge in [0.25, 0.3) is 0 Å². The first-order chi connectivity index (χ1) is 10.2. The van der Waals surface area contributed by atoms with Gasteiger partial charge in [-0.25, -0.2) is 0 Å². The maximum Gasteiger partial charge on any atom is 0.131 e. The molecule has 2 heteroatoms. The summed E-state index contributed by atoms with van der Waals surface area (Å²) in [4.78, 5) is 0. The third-order valence-corrected chi connectivity index (χ3v) is 3.17. The van der Waals surface area contributed by atoms with Crippen molar-refractivity contribution in [3.8, 4) is 22.6 Å². The van der Waals surface area contributed by atoms with E-state index in [9.17, 15) is 0 Å². The summed E-state index contributed by atoms with van der Waals surface area (Å²) in [5.74, 6) is 1.78. The van der Waals surface area contributed by atoms with Gasteiger partial charge in [0.1, 0.15) is 11.5 Å². The minimum atomic E-state index is 0.137. The van der Waals surface area contributed by atoms with E-state index in [2.05, 4.69) is 19.1 Å². The van der Waals surface area contributed by atoms with Crippen LogP contribution in [0.3, 0.4) is 0 Å². The largest absolute Gasteiger partial charge is 0.493 e. The Kier molecular flexibility index (Phi) is 5.68. The fourth-order valence-corrected chi connectivity index (χ4v) is 2.20. The first-order valence-electron chi connectivity index (χ1n) is 7.70. The number of benzene rings is 2. The summed E-state index contributed by atoms with van der Waals surface area (Å²) >= 11 is 0. The highest BCUT2D eigenvalue weighted by Gasteiger charge is 2.14.